The first kappa shape index (κ1) is 26.5. The van der Waals surface area contributed by atoms with Gasteiger partial charge in [-0.25, -0.2) is 8.78 Å². The lowest BCUT2D eigenvalue weighted by Gasteiger charge is -2.19. The van der Waals surface area contributed by atoms with E-state index in [0.29, 0.717) is 11.1 Å². The molecule has 0 saturated heterocycles. The van der Waals surface area contributed by atoms with Gasteiger partial charge in [0.2, 0.25) is 0 Å². The number of methoxy groups -OCH3 is 2. The van der Waals surface area contributed by atoms with Crippen molar-refractivity contribution in [2.24, 2.45) is 5.73 Å². The van der Waals surface area contributed by atoms with Crippen molar-refractivity contribution in [3.05, 3.63) is 58.7 Å². The number of halogens is 2. The molecule has 0 aliphatic carbocycles. The van der Waals surface area contributed by atoms with Gasteiger partial charge in [-0.2, -0.15) is 0 Å². The molecular weight excluding hydrogens is 450 g/mol. The molecule has 0 aliphatic heterocycles. The number of benzene rings is 2. The van der Waals surface area contributed by atoms with Gasteiger partial charge in [-0.1, -0.05) is 12.1 Å². The summed E-state index contributed by atoms with van der Waals surface area (Å²) in [5, 5.41) is 12.8. The summed E-state index contributed by atoms with van der Waals surface area (Å²) in [7, 11) is 2.41. The van der Waals surface area contributed by atoms with Crippen LogP contribution in [0.5, 0.6) is 11.5 Å². The van der Waals surface area contributed by atoms with Gasteiger partial charge in [0.15, 0.2) is 12.7 Å². The van der Waals surface area contributed by atoms with Crippen LogP contribution in [-0.2, 0) is 20.9 Å². The number of hydrogen-bond donors (Lipinski definition) is 4. The van der Waals surface area contributed by atoms with Gasteiger partial charge in [-0.3, -0.25) is 15.0 Å². The molecule has 0 bridgehead atoms. The van der Waals surface area contributed by atoms with Gasteiger partial charge in [0.25, 0.3) is 11.8 Å². The summed E-state index contributed by atoms with van der Waals surface area (Å²) in [4.78, 5) is 24.7. The van der Waals surface area contributed by atoms with Crippen molar-refractivity contribution in [2.75, 3.05) is 20.8 Å². The number of nitrogens with two attached hydrogens (primary N) is 1. The fourth-order valence-electron chi connectivity index (χ4n) is 3.07. The second kappa shape index (κ2) is 11.9. The Hall–Kier alpha value is -3.73. The minimum Gasteiger partial charge on any atom is -0.497 e. The Morgan fingerprint density at radius 1 is 1.12 bits per heavy atom. The van der Waals surface area contributed by atoms with Crippen LogP contribution in [0.2, 0.25) is 0 Å². The number of nitrogen functional groups attached to an aromatic ring is 1. The van der Waals surface area contributed by atoms with Gasteiger partial charge in [0.05, 0.1) is 12.7 Å². The highest BCUT2D eigenvalue weighted by Gasteiger charge is 2.28. The quantitative estimate of drug-likeness (QED) is 0.289. The number of ether oxygens (including phenoxy) is 3. The molecular formula is C23H28F2N4O5. The van der Waals surface area contributed by atoms with Gasteiger partial charge in [0.1, 0.15) is 29.0 Å². The van der Waals surface area contributed by atoms with E-state index in [2.05, 4.69) is 10.6 Å². The van der Waals surface area contributed by atoms with Gasteiger partial charge < -0.3 is 30.6 Å². The SMILES string of the molecule is COc1cc(F)c([C@H](OC)C(=O)NCc2ccc(C(=N)N)cc2OCC(=O)NC(C)C)c(F)c1. The van der Waals surface area contributed by atoms with Crippen LogP contribution < -0.4 is 25.8 Å². The molecule has 0 aromatic heterocycles. The van der Waals surface area contributed by atoms with Crippen LogP contribution in [0, 0.1) is 17.0 Å². The van der Waals surface area contributed by atoms with E-state index in [1.54, 1.807) is 26.0 Å². The number of rotatable bonds is 11. The molecule has 2 aromatic rings. The number of hydrogen-bond acceptors (Lipinski definition) is 6. The predicted molar refractivity (Wildman–Crippen MR) is 121 cm³/mol. The molecule has 34 heavy (non-hydrogen) atoms. The highest BCUT2D eigenvalue weighted by atomic mass is 19.1. The van der Waals surface area contributed by atoms with E-state index in [9.17, 15) is 18.4 Å². The van der Waals surface area contributed by atoms with Crippen molar-refractivity contribution in [3.63, 3.8) is 0 Å². The molecule has 2 rings (SSSR count). The lowest BCUT2D eigenvalue weighted by molar-refractivity contribution is -0.132. The molecule has 184 valence electrons. The maximum atomic E-state index is 14.4. The third kappa shape index (κ3) is 6.88. The lowest BCUT2D eigenvalue weighted by Crippen LogP contribution is -2.34. The molecule has 2 aromatic carbocycles. The van der Waals surface area contributed by atoms with Gasteiger partial charge in [-0.15, -0.1) is 0 Å². The number of carbonyl (C=O) groups excluding carboxylic acids is 2. The summed E-state index contributed by atoms with van der Waals surface area (Å²) in [6.45, 7) is 3.19. The van der Waals surface area contributed by atoms with Crippen LogP contribution in [0.1, 0.15) is 36.6 Å². The van der Waals surface area contributed by atoms with E-state index in [1.807, 2.05) is 0 Å². The van der Waals surface area contributed by atoms with Crippen molar-refractivity contribution >= 4 is 17.6 Å². The van der Waals surface area contributed by atoms with Crippen LogP contribution in [0.25, 0.3) is 0 Å². The minimum absolute atomic E-state index is 0.0390. The third-order valence-corrected chi connectivity index (χ3v) is 4.66. The average molecular weight is 478 g/mol. The zero-order valence-corrected chi connectivity index (χ0v) is 19.3. The fraction of sp³-hybridized carbons (Fsp3) is 0.348. The smallest absolute Gasteiger partial charge is 0.258 e. The van der Waals surface area contributed by atoms with Crippen LogP contribution >= 0.6 is 0 Å². The van der Waals surface area contributed by atoms with Crippen LogP contribution in [0.15, 0.2) is 30.3 Å². The number of amides is 2. The van der Waals surface area contributed by atoms with Crippen molar-refractivity contribution in [1.29, 1.82) is 5.41 Å². The molecule has 1 atom stereocenters. The lowest BCUT2D eigenvalue weighted by atomic mass is 10.1. The fourth-order valence-corrected chi connectivity index (χ4v) is 3.07. The van der Waals surface area contributed by atoms with Crippen molar-refractivity contribution < 1.29 is 32.6 Å². The maximum Gasteiger partial charge on any atom is 0.258 e. The Morgan fingerprint density at radius 2 is 1.76 bits per heavy atom. The summed E-state index contributed by atoms with van der Waals surface area (Å²) in [5.74, 6) is -3.19. The second-order valence-corrected chi connectivity index (χ2v) is 7.59. The number of carbonyl (C=O) groups is 2. The Bertz CT molecular complexity index is 1040. The van der Waals surface area contributed by atoms with Crippen LogP contribution in [-0.4, -0.2) is 44.5 Å². The van der Waals surface area contributed by atoms with Gasteiger partial charge in [-0.05, 0) is 19.9 Å². The van der Waals surface area contributed by atoms with Crippen LogP contribution in [0.4, 0.5) is 8.78 Å². The summed E-state index contributed by atoms with van der Waals surface area (Å²) in [6.07, 6.45) is -1.57. The molecule has 11 heteroatoms. The van der Waals surface area contributed by atoms with E-state index in [-0.39, 0.29) is 42.4 Å². The summed E-state index contributed by atoms with van der Waals surface area (Å²) in [6, 6.07) is 6.38. The minimum atomic E-state index is -1.57. The largest absolute Gasteiger partial charge is 0.497 e. The molecule has 0 saturated carbocycles. The molecule has 0 aliphatic rings. The molecule has 0 spiro atoms. The van der Waals surface area contributed by atoms with Crippen molar-refractivity contribution in [3.8, 4) is 11.5 Å². The first-order valence-electron chi connectivity index (χ1n) is 10.3. The Morgan fingerprint density at radius 3 is 2.29 bits per heavy atom. The predicted octanol–water partition coefficient (Wildman–Crippen LogP) is 2.16. The van der Waals surface area contributed by atoms with E-state index < -0.39 is 29.2 Å². The number of amidine groups is 1. The Labute approximate surface area is 196 Å². The van der Waals surface area contributed by atoms with E-state index in [0.717, 1.165) is 19.2 Å². The standard InChI is InChI=1S/C23H28F2N4O5/c1-12(2)29-19(30)11-34-18-7-13(22(26)27)5-6-14(18)10-28-23(31)21(33-4)20-16(24)8-15(32-3)9-17(20)25/h5-9,12,21H,10-11H2,1-4H3,(H3,26,27)(H,28,31)(H,29,30)/t21-/m0/s1. The van der Waals surface area contributed by atoms with Crippen LogP contribution in [0.3, 0.4) is 0 Å². The molecule has 2 amide bonds. The Kier molecular flexibility index (Phi) is 9.31. The maximum absolute atomic E-state index is 14.4. The topological polar surface area (TPSA) is 136 Å². The zero-order valence-electron chi connectivity index (χ0n) is 19.3. The molecule has 9 nitrogen and oxygen atoms in total. The summed E-state index contributed by atoms with van der Waals surface area (Å²) < 4.78 is 44.3. The third-order valence-electron chi connectivity index (χ3n) is 4.66. The van der Waals surface area contributed by atoms with Gasteiger partial charge >= 0.3 is 0 Å². The zero-order chi connectivity index (χ0) is 25.4. The van der Waals surface area contributed by atoms with Crippen molar-refractivity contribution in [1.82, 2.24) is 10.6 Å². The highest BCUT2D eigenvalue weighted by molar-refractivity contribution is 5.95. The highest BCUT2D eigenvalue weighted by Crippen LogP contribution is 2.28. The second-order valence-electron chi connectivity index (χ2n) is 7.59. The summed E-state index contributed by atoms with van der Waals surface area (Å²) in [5.41, 5.74) is 5.77. The van der Waals surface area contributed by atoms with Gasteiger partial charge in [0, 0.05) is 43.0 Å². The summed E-state index contributed by atoms with van der Waals surface area (Å²) >= 11 is 0. The molecule has 5 N–H and O–H groups in total. The first-order chi connectivity index (χ1) is 16.1. The van der Waals surface area contributed by atoms with E-state index >= 15 is 0 Å². The molecule has 0 fully saturated rings. The van der Waals surface area contributed by atoms with E-state index in [4.69, 9.17) is 25.4 Å². The normalized spacial score (nSPS) is 11.6. The van der Waals surface area contributed by atoms with Crippen molar-refractivity contribution in [2.45, 2.75) is 32.5 Å². The molecule has 0 unspecified atom stereocenters. The average Bonchev–Trinajstić information content (AvgIpc) is 2.77. The Balaban J connectivity index is 2.21. The number of nitrogens with one attached hydrogen (secondary N) is 3. The molecule has 0 heterocycles. The van der Waals surface area contributed by atoms with E-state index in [1.165, 1.54) is 13.2 Å². The monoisotopic (exact) mass is 478 g/mol. The first-order valence-corrected chi connectivity index (χ1v) is 10.3. The molecule has 0 radical (unpaired) electrons.